The molecule has 0 spiro atoms. The van der Waals surface area contributed by atoms with Crippen LogP contribution in [-0.4, -0.2) is 74.2 Å². The molecule has 2 aliphatic rings. The van der Waals surface area contributed by atoms with Gasteiger partial charge in [-0.25, -0.2) is 0 Å². The highest BCUT2D eigenvalue weighted by molar-refractivity contribution is 5.81. The summed E-state index contributed by atoms with van der Waals surface area (Å²) in [5.41, 5.74) is 0. The molecule has 0 aromatic carbocycles. The fraction of sp³-hybridized carbons (Fsp3) is 0.917. The van der Waals surface area contributed by atoms with Crippen LogP contribution in [0.5, 0.6) is 0 Å². The number of carbonyl (C=O) groups excluding carboxylic acids is 1. The van der Waals surface area contributed by atoms with Gasteiger partial charge in [-0.15, -0.1) is 0 Å². The van der Waals surface area contributed by atoms with Gasteiger partial charge in [-0.2, -0.15) is 0 Å². The SMILES string of the molecule is CC(C(=O)N1CCNCC1)N(C)C1CCOC1. The molecule has 0 saturated carbocycles. The normalized spacial score (nSPS) is 27.5. The topological polar surface area (TPSA) is 44.8 Å². The zero-order chi connectivity index (χ0) is 12.3. The van der Waals surface area contributed by atoms with Crippen LogP contribution in [0.25, 0.3) is 0 Å². The van der Waals surface area contributed by atoms with E-state index in [1.165, 1.54) is 0 Å². The van der Waals surface area contributed by atoms with Crippen LogP contribution in [0.4, 0.5) is 0 Å². The number of hydrogen-bond donors (Lipinski definition) is 1. The van der Waals surface area contributed by atoms with Gasteiger partial charge in [0.25, 0.3) is 0 Å². The molecule has 17 heavy (non-hydrogen) atoms. The molecule has 0 aromatic rings. The summed E-state index contributed by atoms with van der Waals surface area (Å²) < 4.78 is 5.38. The molecule has 2 rings (SSSR count). The van der Waals surface area contributed by atoms with Crippen molar-refractivity contribution in [2.75, 3.05) is 46.4 Å². The lowest BCUT2D eigenvalue weighted by molar-refractivity contribution is -0.137. The first-order valence-electron chi connectivity index (χ1n) is 6.49. The van der Waals surface area contributed by atoms with Crippen LogP contribution in [-0.2, 0) is 9.53 Å². The average molecular weight is 241 g/mol. The van der Waals surface area contributed by atoms with Crippen LogP contribution >= 0.6 is 0 Å². The molecule has 0 bridgehead atoms. The van der Waals surface area contributed by atoms with E-state index < -0.39 is 0 Å². The average Bonchev–Trinajstić information content (AvgIpc) is 2.91. The molecule has 2 heterocycles. The minimum absolute atomic E-state index is 0.0419. The number of nitrogens with zero attached hydrogens (tertiary/aromatic N) is 2. The van der Waals surface area contributed by atoms with Gasteiger partial charge in [0, 0.05) is 38.8 Å². The van der Waals surface area contributed by atoms with Crippen LogP contribution in [0.2, 0.25) is 0 Å². The zero-order valence-electron chi connectivity index (χ0n) is 10.8. The Morgan fingerprint density at radius 3 is 2.76 bits per heavy atom. The maximum Gasteiger partial charge on any atom is 0.239 e. The standard InChI is InChI=1S/C12H23N3O2/c1-10(14(2)11-3-8-17-9-11)12(16)15-6-4-13-5-7-15/h10-11,13H,3-9H2,1-2H3. The van der Waals surface area contributed by atoms with Gasteiger partial charge >= 0.3 is 0 Å². The second-order valence-electron chi connectivity index (χ2n) is 4.93. The first kappa shape index (κ1) is 12.8. The number of carbonyl (C=O) groups is 1. The van der Waals surface area contributed by atoms with E-state index in [9.17, 15) is 4.79 Å². The van der Waals surface area contributed by atoms with Crippen LogP contribution in [0, 0.1) is 0 Å². The molecule has 1 amide bonds. The summed E-state index contributed by atoms with van der Waals surface area (Å²) in [6, 6.07) is 0.358. The summed E-state index contributed by atoms with van der Waals surface area (Å²) in [6.45, 7) is 7.07. The van der Waals surface area contributed by atoms with Crippen molar-refractivity contribution in [2.45, 2.75) is 25.4 Å². The van der Waals surface area contributed by atoms with Gasteiger partial charge in [-0.05, 0) is 20.4 Å². The summed E-state index contributed by atoms with van der Waals surface area (Å²) in [6.07, 6.45) is 1.04. The second-order valence-corrected chi connectivity index (χ2v) is 4.93. The minimum Gasteiger partial charge on any atom is -0.380 e. The molecule has 2 aliphatic heterocycles. The van der Waals surface area contributed by atoms with E-state index >= 15 is 0 Å². The number of ether oxygens (including phenoxy) is 1. The predicted molar refractivity (Wildman–Crippen MR) is 65.9 cm³/mol. The van der Waals surface area contributed by atoms with E-state index in [0.717, 1.165) is 45.8 Å². The quantitative estimate of drug-likeness (QED) is 0.725. The fourth-order valence-electron chi connectivity index (χ4n) is 2.48. The van der Waals surface area contributed by atoms with Crippen molar-refractivity contribution in [3.63, 3.8) is 0 Å². The maximum absolute atomic E-state index is 12.3. The monoisotopic (exact) mass is 241 g/mol. The third-order valence-electron chi connectivity index (χ3n) is 3.88. The van der Waals surface area contributed by atoms with E-state index in [1.807, 2.05) is 18.9 Å². The molecule has 2 unspecified atom stereocenters. The van der Waals surface area contributed by atoms with Crippen molar-refractivity contribution in [3.05, 3.63) is 0 Å². The minimum atomic E-state index is -0.0419. The number of amides is 1. The van der Waals surface area contributed by atoms with Crippen molar-refractivity contribution in [3.8, 4) is 0 Å². The van der Waals surface area contributed by atoms with Crippen LogP contribution in [0.3, 0.4) is 0 Å². The molecule has 2 fully saturated rings. The van der Waals surface area contributed by atoms with Gasteiger partial charge in [-0.1, -0.05) is 0 Å². The van der Waals surface area contributed by atoms with Crippen LogP contribution < -0.4 is 5.32 Å². The third kappa shape index (κ3) is 2.97. The second kappa shape index (κ2) is 5.80. The zero-order valence-corrected chi connectivity index (χ0v) is 10.8. The molecular weight excluding hydrogens is 218 g/mol. The molecule has 98 valence electrons. The van der Waals surface area contributed by atoms with Gasteiger partial charge in [0.05, 0.1) is 12.6 Å². The van der Waals surface area contributed by atoms with E-state index in [4.69, 9.17) is 4.74 Å². The Balaban J connectivity index is 1.88. The number of rotatable bonds is 3. The maximum atomic E-state index is 12.3. The molecule has 0 aromatic heterocycles. The Hall–Kier alpha value is -0.650. The van der Waals surface area contributed by atoms with Gasteiger partial charge in [0.2, 0.25) is 5.91 Å². The van der Waals surface area contributed by atoms with Crippen LogP contribution in [0.15, 0.2) is 0 Å². The Bertz CT molecular complexity index is 260. The molecule has 0 aliphatic carbocycles. The van der Waals surface area contributed by atoms with Gasteiger partial charge in [0.15, 0.2) is 0 Å². The molecule has 5 nitrogen and oxygen atoms in total. The summed E-state index contributed by atoms with van der Waals surface area (Å²) in [4.78, 5) is 16.4. The Morgan fingerprint density at radius 2 is 2.18 bits per heavy atom. The lowest BCUT2D eigenvalue weighted by Gasteiger charge is -2.35. The Morgan fingerprint density at radius 1 is 1.47 bits per heavy atom. The van der Waals surface area contributed by atoms with Crippen molar-refractivity contribution >= 4 is 5.91 Å². The highest BCUT2D eigenvalue weighted by atomic mass is 16.5. The lowest BCUT2D eigenvalue weighted by atomic mass is 10.1. The molecule has 1 N–H and O–H groups in total. The van der Waals surface area contributed by atoms with E-state index in [0.29, 0.717) is 6.04 Å². The molecular formula is C12H23N3O2. The lowest BCUT2D eigenvalue weighted by Crippen LogP contribution is -2.54. The van der Waals surface area contributed by atoms with E-state index in [1.54, 1.807) is 0 Å². The predicted octanol–water partition coefficient (Wildman–Crippen LogP) is -0.473. The van der Waals surface area contributed by atoms with Crippen molar-refractivity contribution in [2.24, 2.45) is 0 Å². The summed E-state index contributed by atoms with van der Waals surface area (Å²) in [7, 11) is 2.03. The summed E-state index contributed by atoms with van der Waals surface area (Å²) >= 11 is 0. The van der Waals surface area contributed by atoms with E-state index in [2.05, 4.69) is 10.2 Å². The first-order valence-corrected chi connectivity index (χ1v) is 6.49. The number of likely N-dealkylation sites (N-methyl/N-ethyl adjacent to an activating group) is 1. The van der Waals surface area contributed by atoms with Gasteiger partial charge in [0.1, 0.15) is 0 Å². The van der Waals surface area contributed by atoms with Gasteiger partial charge in [-0.3, -0.25) is 9.69 Å². The highest BCUT2D eigenvalue weighted by Crippen LogP contribution is 2.14. The van der Waals surface area contributed by atoms with Crippen molar-refractivity contribution in [1.29, 1.82) is 0 Å². The van der Waals surface area contributed by atoms with Crippen LogP contribution in [0.1, 0.15) is 13.3 Å². The fourth-order valence-corrected chi connectivity index (χ4v) is 2.48. The largest absolute Gasteiger partial charge is 0.380 e. The van der Waals surface area contributed by atoms with Gasteiger partial charge < -0.3 is 15.0 Å². The number of piperazine rings is 1. The summed E-state index contributed by atoms with van der Waals surface area (Å²) in [5, 5.41) is 3.27. The number of hydrogen-bond acceptors (Lipinski definition) is 4. The van der Waals surface area contributed by atoms with Crippen molar-refractivity contribution < 1.29 is 9.53 Å². The molecule has 2 atom stereocenters. The number of nitrogens with one attached hydrogen (secondary N) is 1. The first-order chi connectivity index (χ1) is 8.20. The smallest absolute Gasteiger partial charge is 0.239 e. The Kier molecular flexibility index (Phi) is 4.36. The molecule has 2 saturated heterocycles. The molecule has 5 heteroatoms. The van der Waals surface area contributed by atoms with Crippen molar-refractivity contribution in [1.82, 2.24) is 15.1 Å². The summed E-state index contributed by atoms with van der Waals surface area (Å²) in [5.74, 6) is 0.251. The highest BCUT2D eigenvalue weighted by Gasteiger charge is 2.30. The third-order valence-corrected chi connectivity index (χ3v) is 3.88. The van der Waals surface area contributed by atoms with E-state index in [-0.39, 0.29) is 11.9 Å². The molecule has 0 radical (unpaired) electrons. The Labute approximate surface area is 103 Å².